The Balaban J connectivity index is 2.73. The molecule has 0 aliphatic rings. The van der Waals surface area contributed by atoms with Crippen LogP contribution in [0.1, 0.15) is 0 Å². The quantitative estimate of drug-likeness (QED) is 0.623. The summed E-state index contributed by atoms with van der Waals surface area (Å²) in [6.07, 6.45) is 1.10. The minimum absolute atomic E-state index is 0.0917. The number of carbonyl (C=O) groups is 1. The van der Waals surface area contributed by atoms with Crippen LogP contribution in [0.15, 0.2) is 31.0 Å². The fourth-order valence-electron chi connectivity index (χ4n) is 1.44. The number of halogens is 1. The molecule has 1 unspecified atom stereocenters. The Kier molecular flexibility index (Phi) is 5.13. The van der Waals surface area contributed by atoms with Crippen molar-refractivity contribution in [1.29, 1.82) is 0 Å². The van der Waals surface area contributed by atoms with Crippen molar-refractivity contribution in [2.24, 2.45) is 0 Å². The first kappa shape index (κ1) is 14.0. The minimum atomic E-state index is -0.815. The zero-order valence-electron chi connectivity index (χ0n) is 9.71. The van der Waals surface area contributed by atoms with Gasteiger partial charge in [0.15, 0.2) is 11.6 Å². The van der Waals surface area contributed by atoms with Gasteiger partial charge in [0.1, 0.15) is 0 Å². The van der Waals surface area contributed by atoms with Crippen LogP contribution < -0.4 is 10.2 Å². The molecule has 0 saturated carbocycles. The summed E-state index contributed by atoms with van der Waals surface area (Å²) >= 11 is 0. The van der Waals surface area contributed by atoms with Gasteiger partial charge >= 0.3 is 0 Å². The zero-order chi connectivity index (χ0) is 13.5. The van der Waals surface area contributed by atoms with E-state index in [2.05, 4.69) is 11.9 Å². The number of rotatable bonds is 7. The predicted octanol–water partition coefficient (Wildman–Crippen LogP) is 0.588. The SMILES string of the molecule is C=CN(CC(O)CNC=O)c1ccc(O)c(F)c1. The number of anilines is 1. The Hall–Kier alpha value is -2.08. The topological polar surface area (TPSA) is 72.8 Å². The third-order valence-corrected chi connectivity index (χ3v) is 2.33. The molecule has 0 aromatic heterocycles. The number of aliphatic hydroxyl groups is 1. The fraction of sp³-hybridized carbons (Fsp3) is 0.250. The smallest absolute Gasteiger partial charge is 0.207 e. The maximum Gasteiger partial charge on any atom is 0.207 e. The Morgan fingerprint density at radius 3 is 2.83 bits per heavy atom. The molecule has 0 aliphatic carbocycles. The van der Waals surface area contributed by atoms with Gasteiger partial charge in [-0.1, -0.05) is 6.58 Å². The van der Waals surface area contributed by atoms with E-state index < -0.39 is 17.7 Å². The van der Waals surface area contributed by atoms with E-state index in [1.807, 2.05) is 0 Å². The van der Waals surface area contributed by atoms with Crippen LogP contribution >= 0.6 is 0 Å². The highest BCUT2D eigenvalue weighted by atomic mass is 19.1. The number of hydrogen-bond donors (Lipinski definition) is 3. The summed E-state index contributed by atoms with van der Waals surface area (Å²) in [6.45, 7) is 3.80. The fourth-order valence-corrected chi connectivity index (χ4v) is 1.44. The molecule has 0 saturated heterocycles. The monoisotopic (exact) mass is 254 g/mol. The molecule has 1 rings (SSSR count). The number of phenolic OH excluding ortho intramolecular Hbond substituents is 1. The van der Waals surface area contributed by atoms with Crippen molar-refractivity contribution >= 4 is 12.1 Å². The van der Waals surface area contributed by atoms with Crippen molar-refractivity contribution in [3.63, 3.8) is 0 Å². The van der Waals surface area contributed by atoms with Gasteiger partial charge in [0.05, 0.1) is 12.6 Å². The molecule has 1 aromatic carbocycles. The number of nitrogens with zero attached hydrogens (tertiary/aromatic N) is 1. The molecule has 0 heterocycles. The molecule has 1 amide bonds. The van der Waals surface area contributed by atoms with E-state index in [-0.39, 0.29) is 13.1 Å². The average molecular weight is 254 g/mol. The number of phenols is 1. The Morgan fingerprint density at radius 1 is 1.56 bits per heavy atom. The van der Waals surface area contributed by atoms with Gasteiger partial charge in [-0.15, -0.1) is 0 Å². The van der Waals surface area contributed by atoms with Crippen LogP contribution in [0.2, 0.25) is 0 Å². The van der Waals surface area contributed by atoms with Crippen LogP contribution in [0.25, 0.3) is 0 Å². The van der Waals surface area contributed by atoms with Gasteiger partial charge in [-0.25, -0.2) is 4.39 Å². The minimum Gasteiger partial charge on any atom is -0.505 e. The Morgan fingerprint density at radius 2 is 2.28 bits per heavy atom. The van der Waals surface area contributed by atoms with Gasteiger partial charge < -0.3 is 20.4 Å². The third-order valence-electron chi connectivity index (χ3n) is 2.33. The van der Waals surface area contributed by atoms with E-state index in [0.717, 1.165) is 6.07 Å². The van der Waals surface area contributed by atoms with E-state index in [1.165, 1.54) is 23.2 Å². The van der Waals surface area contributed by atoms with E-state index in [0.29, 0.717) is 12.1 Å². The summed E-state index contributed by atoms with van der Waals surface area (Å²) in [5.74, 6) is -1.19. The lowest BCUT2D eigenvalue weighted by Crippen LogP contribution is -2.35. The molecule has 1 atom stereocenters. The Labute approximate surface area is 104 Å². The highest BCUT2D eigenvalue weighted by Crippen LogP contribution is 2.22. The second kappa shape index (κ2) is 6.61. The Bertz CT molecular complexity index is 426. The molecule has 0 spiro atoms. The van der Waals surface area contributed by atoms with Crippen molar-refractivity contribution in [3.8, 4) is 5.75 Å². The summed E-state index contributed by atoms with van der Waals surface area (Å²) in [5.41, 5.74) is 0.449. The number of amides is 1. The largest absolute Gasteiger partial charge is 0.505 e. The summed E-state index contributed by atoms with van der Waals surface area (Å²) < 4.78 is 13.2. The number of carbonyl (C=O) groups excluding carboxylic acids is 1. The van der Waals surface area contributed by atoms with Crippen LogP contribution in [0.5, 0.6) is 5.75 Å². The van der Waals surface area contributed by atoms with Gasteiger partial charge in [0.25, 0.3) is 0 Å². The molecule has 0 radical (unpaired) electrons. The molecular weight excluding hydrogens is 239 g/mol. The summed E-state index contributed by atoms with van der Waals surface area (Å²) in [7, 11) is 0. The number of nitrogens with one attached hydrogen (secondary N) is 1. The van der Waals surface area contributed by atoms with E-state index in [4.69, 9.17) is 5.11 Å². The first-order valence-corrected chi connectivity index (χ1v) is 5.31. The predicted molar refractivity (Wildman–Crippen MR) is 65.7 cm³/mol. The summed E-state index contributed by atoms with van der Waals surface area (Å²) in [6, 6.07) is 3.86. The van der Waals surface area contributed by atoms with Gasteiger partial charge in [0, 0.05) is 18.3 Å². The lowest BCUT2D eigenvalue weighted by atomic mass is 10.2. The van der Waals surface area contributed by atoms with E-state index in [9.17, 15) is 14.3 Å². The van der Waals surface area contributed by atoms with Crippen molar-refractivity contribution in [1.82, 2.24) is 5.32 Å². The standard InChI is InChI=1S/C12H15FN2O3/c1-2-15(7-10(17)6-14-8-16)9-3-4-12(18)11(13)5-9/h2-5,8,10,17-18H,1,6-7H2,(H,14,16). The number of aliphatic hydroxyl groups excluding tert-OH is 1. The van der Waals surface area contributed by atoms with Gasteiger partial charge in [0.2, 0.25) is 6.41 Å². The molecule has 5 nitrogen and oxygen atoms in total. The highest BCUT2D eigenvalue weighted by molar-refractivity contribution is 5.52. The van der Waals surface area contributed by atoms with Crippen LogP contribution in [0.4, 0.5) is 10.1 Å². The lowest BCUT2D eigenvalue weighted by Gasteiger charge is -2.23. The van der Waals surface area contributed by atoms with Crippen molar-refractivity contribution in [2.75, 3.05) is 18.0 Å². The van der Waals surface area contributed by atoms with Crippen LogP contribution in [-0.4, -0.2) is 35.8 Å². The summed E-state index contributed by atoms with van der Waals surface area (Å²) in [5, 5.41) is 21.0. The molecule has 3 N–H and O–H groups in total. The molecule has 1 aromatic rings. The van der Waals surface area contributed by atoms with Crippen LogP contribution in [-0.2, 0) is 4.79 Å². The van der Waals surface area contributed by atoms with Gasteiger partial charge in [-0.3, -0.25) is 4.79 Å². The van der Waals surface area contributed by atoms with Crippen molar-refractivity contribution in [2.45, 2.75) is 6.10 Å². The average Bonchev–Trinajstić information content (AvgIpc) is 2.37. The second-order valence-corrected chi connectivity index (χ2v) is 3.65. The second-order valence-electron chi connectivity index (χ2n) is 3.65. The van der Waals surface area contributed by atoms with Crippen LogP contribution in [0, 0.1) is 5.82 Å². The molecule has 6 heteroatoms. The van der Waals surface area contributed by atoms with E-state index >= 15 is 0 Å². The van der Waals surface area contributed by atoms with Crippen molar-refractivity contribution < 1.29 is 19.4 Å². The first-order valence-electron chi connectivity index (χ1n) is 5.31. The first-order chi connectivity index (χ1) is 8.58. The van der Waals surface area contributed by atoms with E-state index in [1.54, 1.807) is 0 Å². The zero-order valence-corrected chi connectivity index (χ0v) is 9.71. The molecule has 0 bridgehead atoms. The molecule has 98 valence electrons. The van der Waals surface area contributed by atoms with Gasteiger partial charge in [-0.2, -0.15) is 0 Å². The number of hydrogen-bond acceptors (Lipinski definition) is 4. The maximum atomic E-state index is 13.2. The summed E-state index contributed by atoms with van der Waals surface area (Å²) in [4.78, 5) is 11.6. The number of benzene rings is 1. The van der Waals surface area contributed by atoms with Gasteiger partial charge in [-0.05, 0) is 18.3 Å². The molecular formula is C12H15FN2O3. The lowest BCUT2D eigenvalue weighted by molar-refractivity contribution is -0.109. The normalized spacial score (nSPS) is 11.7. The molecule has 18 heavy (non-hydrogen) atoms. The molecule has 0 aliphatic heterocycles. The molecule has 0 fully saturated rings. The third kappa shape index (κ3) is 3.74. The highest BCUT2D eigenvalue weighted by Gasteiger charge is 2.11. The maximum absolute atomic E-state index is 13.2. The van der Waals surface area contributed by atoms with Crippen molar-refractivity contribution in [3.05, 3.63) is 36.8 Å². The number of aromatic hydroxyl groups is 1. The van der Waals surface area contributed by atoms with Crippen LogP contribution in [0.3, 0.4) is 0 Å².